The van der Waals surface area contributed by atoms with E-state index in [1.54, 1.807) is 58.0 Å². The van der Waals surface area contributed by atoms with Crippen molar-refractivity contribution in [3.05, 3.63) is 72.3 Å². The normalized spacial score (nSPS) is 12.5. The largest absolute Gasteiger partial charge is 0.487 e. The van der Waals surface area contributed by atoms with E-state index in [4.69, 9.17) is 11.6 Å². The van der Waals surface area contributed by atoms with Crippen LogP contribution in [0, 0.1) is 6.92 Å². The molecule has 0 aliphatic heterocycles. The molecule has 37 heavy (non-hydrogen) atoms. The number of benzene rings is 3. The maximum absolute atomic E-state index is 13.1. The van der Waals surface area contributed by atoms with Crippen molar-refractivity contribution < 1.29 is 21.9 Å². The summed E-state index contributed by atoms with van der Waals surface area (Å²) in [6, 6.07) is 18.3. The number of rotatable bonds is 7. The highest BCUT2D eigenvalue weighted by molar-refractivity contribution is 7.89. The van der Waals surface area contributed by atoms with Crippen LogP contribution in [0.25, 0.3) is 22.0 Å². The van der Waals surface area contributed by atoms with Crippen molar-refractivity contribution in [3.63, 3.8) is 0 Å². The minimum Gasteiger partial charge on any atom is -0.420 e. The Morgan fingerprint density at radius 3 is 2.19 bits per heavy atom. The second kappa shape index (κ2) is 9.85. The van der Waals surface area contributed by atoms with E-state index in [1.807, 2.05) is 24.3 Å². The van der Waals surface area contributed by atoms with E-state index in [-0.39, 0.29) is 10.6 Å². The zero-order chi connectivity index (χ0) is 27.0. The molecule has 4 aromatic rings. The number of sulfonamides is 1. The summed E-state index contributed by atoms with van der Waals surface area (Å²) in [5.74, 6) is 0.341. The molecule has 7 nitrogen and oxygen atoms in total. The predicted molar refractivity (Wildman–Crippen MR) is 141 cm³/mol. The second-order valence-corrected chi connectivity index (χ2v) is 11.6. The molecule has 11 heteroatoms. The number of alkyl halides is 3. The number of hydrogen-bond donors (Lipinski definition) is 2. The van der Waals surface area contributed by atoms with E-state index in [2.05, 4.69) is 25.0 Å². The first-order valence-electron chi connectivity index (χ1n) is 11.3. The van der Waals surface area contributed by atoms with Crippen molar-refractivity contribution in [1.82, 2.24) is 14.9 Å². The van der Waals surface area contributed by atoms with Gasteiger partial charge >= 0.3 is 5.57 Å². The van der Waals surface area contributed by atoms with E-state index in [0.29, 0.717) is 28.3 Å². The minimum atomic E-state index is -3.80. The molecule has 0 saturated carbocycles. The molecule has 0 atom stereocenters. The minimum absolute atomic E-state index is 0.0945. The first kappa shape index (κ1) is 26.7. The third-order valence-corrected chi connectivity index (χ3v) is 7.21. The maximum atomic E-state index is 13.1. The molecule has 2 N–H and O–H groups in total. The highest BCUT2D eigenvalue weighted by atomic mass is 35.5. The van der Waals surface area contributed by atoms with Gasteiger partial charge in [0, 0.05) is 39.2 Å². The lowest BCUT2D eigenvalue weighted by Gasteiger charge is -2.21. The van der Waals surface area contributed by atoms with E-state index < -0.39 is 21.1 Å². The summed E-state index contributed by atoms with van der Waals surface area (Å²) >= 11 is 4.81. The summed E-state index contributed by atoms with van der Waals surface area (Å²) < 4.78 is 58.9. The molecule has 0 spiro atoms. The number of aromatic nitrogens is 2. The Kier molecular flexibility index (Phi) is 7.11. The fraction of sp³-hybridized carbons (Fsp3) is 0.231. The maximum Gasteiger partial charge on any atom is 0.487 e. The van der Waals surface area contributed by atoms with Gasteiger partial charge in [-0.15, -0.1) is 19.0 Å². The smallest absolute Gasteiger partial charge is 0.420 e. The van der Waals surface area contributed by atoms with Gasteiger partial charge in [-0.05, 0) is 63.6 Å². The molecule has 0 saturated heterocycles. The number of nitrogens with zero attached hydrogens (tertiary/aromatic N) is 2. The third kappa shape index (κ3) is 6.51. The number of aryl methyl sites for hydroxylation is 1. The summed E-state index contributed by atoms with van der Waals surface area (Å²) in [4.78, 5) is 0.165. The van der Waals surface area contributed by atoms with Gasteiger partial charge < -0.3 is 10.1 Å². The summed E-state index contributed by atoms with van der Waals surface area (Å²) in [6.45, 7) is 7.08. The number of nitrogens with one attached hydrogen (secondary N) is 2. The topological polar surface area (TPSA) is 93.2 Å². The molecule has 3 aromatic carbocycles. The molecule has 0 unspecified atom stereocenters. The Morgan fingerprint density at radius 2 is 1.57 bits per heavy atom. The van der Waals surface area contributed by atoms with E-state index in [9.17, 15) is 17.2 Å². The monoisotopic (exact) mass is 546 g/mol. The lowest BCUT2D eigenvalue weighted by Crippen LogP contribution is -2.40. The number of hydrogen-bond acceptors (Lipinski definition) is 6. The van der Waals surface area contributed by atoms with Crippen LogP contribution in [0.4, 0.5) is 20.3 Å². The lowest BCUT2D eigenvalue weighted by molar-refractivity contribution is -0.0964. The average molecular weight is 547 g/mol. The van der Waals surface area contributed by atoms with E-state index >= 15 is 0 Å². The molecule has 4 rings (SSSR count). The Labute approximate surface area is 218 Å². The van der Waals surface area contributed by atoms with Gasteiger partial charge in [0.2, 0.25) is 10.0 Å². The Bertz CT molecular complexity index is 1550. The molecule has 0 fully saturated rings. The van der Waals surface area contributed by atoms with Crippen molar-refractivity contribution in [1.29, 1.82) is 0 Å². The molecule has 194 valence electrons. The van der Waals surface area contributed by atoms with E-state index in [0.717, 1.165) is 10.8 Å². The lowest BCUT2D eigenvalue weighted by atomic mass is 10.0. The molecule has 1 aromatic heterocycles. The van der Waals surface area contributed by atoms with Gasteiger partial charge in [-0.1, -0.05) is 36.4 Å². The van der Waals surface area contributed by atoms with Crippen LogP contribution in [0.5, 0.6) is 5.75 Å². The second-order valence-electron chi connectivity index (χ2n) is 9.48. The van der Waals surface area contributed by atoms with Crippen molar-refractivity contribution >= 4 is 43.9 Å². The number of fused-ring (bicyclic) bond motifs is 1. The first-order chi connectivity index (χ1) is 17.2. The summed E-state index contributed by atoms with van der Waals surface area (Å²) in [5, 5.41) is 13.3. The summed E-state index contributed by atoms with van der Waals surface area (Å²) in [5.41, 5.74) is -2.16. The van der Waals surface area contributed by atoms with Crippen LogP contribution in [-0.2, 0) is 10.0 Å². The number of halogens is 3. The van der Waals surface area contributed by atoms with Crippen LogP contribution < -0.4 is 14.8 Å². The van der Waals surface area contributed by atoms with Crippen molar-refractivity contribution in [2.24, 2.45) is 0 Å². The van der Waals surface area contributed by atoms with Crippen LogP contribution in [0.1, 0.15) is 26.3 Å². The zero-order valence-corrected chi connectivity index (χ0v) is 22.1. The molecule has 0 aliphatic rings. The van der Waals surface area contributed by atoms with Crippen LogP contribution in [0.2, 0.25) is 0 Å². The quantitative estimate of drug-likeness (QED) is 0.254. The van der Waals surface area contributed by atoms with Crippen LogP contribution in [-0.4, -0.2) is 29.7 Å². The fourth-order valence-corrected chi connectivity index (χ4v) is 5.56. The fourth-order valence-electron chi connectivity index (χ4n) is 3.78. The van der Waals surface area contributed by atoms with Gasteiger partial charge in [0.25, 0.3) is 0 Å². The highest BCUT2D eigenvalue weighted by Crippen LogP contribution is 2.33. The Hall–Kier alpha value is -3.34. The van der Waals surface area contributed by atoms with Crippen LogP contribution >= 0.6 is 11.6 Å². The van der Waals surface area contributed by atoms with Crippen molar-refractivity contribution in [3.8, 4) is 17.0 Å². The molecular formula is C26H25ClF2N4O3S. The SMILES string of the molecule is Cc1ccc(-c2nnc(Nc3ccc(OC(F)(F)Cl)cc3)c3ccccc23)cc1S(=O)(=O)NC(C)(C)C. The average Bonchev–Trinajstić information content (AvgIpc) is 2.78. The number of ether oxygens (including phenoxy) is 1. The molecular weight excluding hydrogens is 522 g/mol. The highest BCUT2D eigenvalue weighted by Gasteiger charge is 2.27. The summed E-state index contributed by atoms with van der Waals surface area (Å²) in [7, 11) is -3.77. The van der Waals surface area contributed by atoms with Crippen molar-refractivity contribution in [2.45, 2.75) is 43.7 Å². The standard InChI is InChI=1S/C26H25ClF2N4O3S/c1-16-9-10-17(15-22(16)37(34,35)33-25(2,3)4)23-20-7-5-6-8-21(20)24(32-31-23)30-18-11-13-19(14-12-18)36-26(27,28)29/h5-15,33H,1-4H3,(H,30,32). The van der Waals surface area contributed by atoms with Gasteiger partial charge in [0.15, 0.2) is 5.82 Å². The summed E-state index contributed by atoms with van der Waals surface area (Å²) in [6.07, 6.45) is 0. The van der Waals surface area contributed by atoms with Crippen LogP contribution in [0.3, 0.4) is 0 Å². The predicted octanol–water partition coefficient (Wildman–Crippen LogP) is 6.59. The third-order valence-electron chi connectivity index (χ3n) is 5.23. The molecule has 0 aliphatic carbocycles. The number of anilines is 2. The zero-order valence-electron chi connectivity index (χ0n) is 20.5. The molecule has 0 bridgehead atoms. The van der Waals surface area contributed by atoms with Gasteiger partial charge in [-0.3, -0.25) is 0 Å². The molecule has 1 heterocycles. The van der Waals surface area contributed by atoms with Gasteiger partial charge in [-0.2, -0.15) is 0 Å². The van der Waals surface area contributed by atoms with Crippen molar-refractivity contribution in [2.75, 3.05) is 5.32 Å². The first-order valence-corrected chi connectivity index (χ1v) is 13.1. The molecule has 0 amide bonds. The molecule has 0 radical (unpaired) electrons. The van der Waals surface area contributed by atoms with Gasteiger partial charge in [0.1, 0.15) is 11.4 Å². The van der Waals surface area contributed by atoms with Gasteiger partial charge in [-0.25, -0.2) is 13.1 Å². The van der Waals surface area contributed by atoms with Gasteiger partial charge in [0.05, 0.1) is 4.90 Å². The van der Waals surface area contributed by atoms with E-state index in [1.165, 1.54) is 12.1 Å². The Morgan fingerprint density at radius 1 is 0.919 bits per heavy atom. The van der Waals surface area contributed by atoms with Crippen LogP contribution in [0.15, 0.2) is 71.6 Å². The Balaban J connectivity index is 1.72.